The number of nitrogens with zero attached hydrogens (tertiary/aromatic N) is 2. The first-order valence-corrected chi connectivity index (χ1v) is 3.65. The third kappa shape index (κ3) is 13.0. The van der Waals surface area contributed by atoms with Crippen LogP contribution in [0.4, 0.5) is 0 Å². The average Bonchev–Trinajstić information content (AvgIpc) is 2.83. The lowest BCUT2D eigenvalue weighted by Crippen LogP contribution is -2.07. The average molecular weight is 198 g/mol. The Morgan fingerprint density at radius 2 is 1.21 bits per heavy atom. The van der Waals surface area contributed by atoms with Crippen LogP contribution in [0.15, 0.2) is 36.9 Å². The molecule has 8 heteroatoms. The van der Waals surface area contributed by atoms with E-state index < -0.39 is 7.32 Å². The fourth-order valence-electron chi connectivity index (χ4n) is 0.430. The standard InChI is InChI=1S/2C3H4N2.BH3O3/c2*1-2-4-5-3-1;2-1(3)4/h2*1-3H,(H,4,5);2-4H. The Hall–Kier alpha value is -1.64. The Labute approximate surface area is 80.6 Å². The van der Waals surface area contributed by atoms with Crippen molar-refractivity contribution in [2.45, 2.75) is 0 Å². The third-order valence-corrected chi connectivity index (χ3v) is 0.812. The number of hydrogen-bond donors (Lipinski definition) is 5. The molecule has 0 radical (unpaired) electrons. The number of hydrogen-bond acceptors (Lipinski definition) is 5. The van der Waals surface area contributed by atoms with E-state index in [9.17, 15) is 0 Å². The number of aromatic amines is 2. The van der Waals surface area contributed by atoms with E-state index in [0.29, 0.717) is 0 Å². The summed E-state index contributed by atoms with van der Waals surface area (Å²) in [6.07, 6.45) is 6.92. The van der Waals surface area contributed by atoms with Crippen LogP contribution in [0.2, 0.25) is 0 Å². The Morgan fingerprint density at radius 1 is 0.857 bits per heavy atom. The fourth-order valence-corrected chi connectivity index (χ4v) is 0.430. The van der Waals surface area contributed by atoms with Gasteiger partial charge >= 0.3 is 7.32 Å². The summed E-state index contributed by atoms with van der Waals surface area (Å²) < 4.78 is 0. The molecule has 2 rings (SSSR count). The van der Waals surface area contributed by atoms with Crippen LogP contribution in [0, 0.1) is 0 Å². The van der Waals surface area contributed by atoms with Crippen LogP contribution in [0.25, 0.3) is 0 Å². The van der Waals surface area contributed by atoms with Gasteiger partial charge in [0.25, 0.3) is 0 Å². The molecule has 5 N–H and O–H groups in total. The molecule has 0 unspecified atom stereocenters. The highest BCUT2D eigenvalue weighted by molar-refractivity contribution is 6.30. The summed E-state index contributed by atoms with van der Waals surface area (Å²) in [7, 11) is -2.17. The van der Waals surface area contributed by atoms with E-state index in [2.05, 4.69) is 20.4 Å². The monoisotopic (exact) mass is 198 g/mol. The second-order valence-corrected chi connectivity index (χ2v) is 1.88. The molecule has 76 valence electrons. The second kappa shape index (κ2) is 9.45. The highest BCUT2D eigenvalue weighted by Gasteiger charge is 1.92. The predicted octanol–water partition coefficient (Wildman–Crippen LogP) is -1.23. The van der Waals surface area contributed by atoms with Gasteiger partial charge in [0.1, 0.15) is 0 Å². The van der Waals surface area contributed by atoms with Crippen molar-refractivity contribution in [3.05, 3.63) is 36.9 Å². The zero-order valence-corrected chi connectivity index (χ0v) is 7.28. The number of aromatic nitrogens is 4. The lowest BCUT2D eigenvalue weighted by atomic mass is 10.3. The third-order valence-electron chi connectivity index (χ3n) is 0.812. The van der Waals surface area contributed by atoms with Crippen LogP contribution in [0.1, 0.15) is 0 Å². The van der Waals surface area contributed by atoms with Gasteiger partial charge in [0.2, 0.25) is 0 Å². The van der Waals surface area contributed by atoms with Crippen LogP contribution < -0.4 is 0 Å². The van der Waals surface area contributed by atoms with Crippen LogP contribution in [0.5, 0.6) is 0 Å². The Balaban J connectivity index is 0.000000183. The Morgan fingerprint density at radius 3 is 1.29 bits per heavy atom. The van der Waals surface area contributed by atoms with Crippen LogP contribution in [0.3, 0.4) is 0 Å². The summed E-state index contributed by atoms with van der Waals surface area (Å²) in [4.78, 5) is 0. The van der Waals surface area contributed by atoms with Gasteiger partial charge in [-0.25, -0.2) is 0 Å². The van der Waals surface area contributed by atoms with E-state index in [0.717, 1.165) is 0 Å². The minimum absolute atomic E-state index is 1.69. The summed E-state index contributed by atoms with van der Waals surface area (Å²) in [6.45, 7) is 0. The topological polar surface area (TPSA) is 118 Å². The highest BCUT2D eigenvalue weighted by Crippen LogP contribution is 1.65. The SMILES string of the molecule is OB(O)O.c1cn[nH]c1.c1cn[nH]c1. The molecule has 0 aromatic carbocycles. The molecule has 2 aromatic heterocycles. The summed E-state index contributed by atoms with van der Waals surface area (Å²) in [5, 5.41) is 33.9. The molecule has 0 amide bonds. The van der Waals surface area contributed by atoms with Crippen LogP contribution >= 0.6 is 0 Å². The molecule has 0 spiro atoms. The lowest BCUT2D eigenvalue weighted by Gasteiger charge is -1.69. The fraction of sp³-hybridized carbons (Fsp3) is 0. The molecule has 0 bridgehead atoms. The maximum atomic E-state index is 7.17. The molecule has 0 aliphatic heterocycles. The zero-order chi connectivity index (χ0) is 10.6. The predicted molar refractivity (Wildman–Crippen MR) is 49.6 cm³/mol. The number of rotatable bonds is 0. The van der Waals surface area contributed by atoms with E-state index in [1.54, 1.807) is 24.8 Å². The van der Waals surface area contributed by atoms with E-state index >= 15 is 0 Å². The van der Waals surface area contributed by atoms with Gasteiger partial charge in [0.05, 0.1) is 0 Å². The summed E-state index contributed by atoms with van der Waals surface area (Å²) in [6, 6.07) is 3.67. The van der Waals surface area contributed by atoms with Crippen LogP contribution in [-0.4, -0.2) is 42.8 Å². The normalized spacial score (nSPS) is 7.64. The van der Waals surface area contributed by atoms with Crippen LogP contribution in [-0.2, 0) is 0 Å². The van der Waals surface area contributed by atoms with E-state index in [1.165, 1.54) is 0 Å². The van der Waals surface area contributed by atoms with Gasteiger partial charge in [-0.3, -0.25) is 10.2 Å². The minimum Gasteiger partial charge on any atom is -0.402 e. The largest absolute Gasteiger partial charge is 0.631 e. The van der Waals surface area contributed by atoms with Gasteiger partial charge in [-0.05, 0) is 12.1 Å². The van der Waals surface area contributed by atoms with Gasteiger partial charge in [-0.1, -0.05) is 0 Å². The van der Waals surface area contributed by atoms with Crippen molar-refractivity contribution < 1.29 is 15.1 Å². The molecule has 7 nitrogen and oxygen atoms in total. The van der Waals surface area contributed by atoms with E-state index in [-0.39, 0.29) is 0 Å². The quantitative estimate of drug-likeness (QED) is 0.339. The molecule has 2 aromatic rings. The summed E-state index contributed by atoms with van der Waals surface area (Å²) >= 11 is 0. The first-order valence-electron chi connectivity index (χ1n) is 3.65. The molecule has 0 saturated heterocycles. The van der Waals surface area contributed by atoms with E-state index in [4.69, 9.17) is 15.1 Å². The zero-order valence-electron chi connectivity index (χ0n) is 7.28. The number of H-pyrrole nitrogens is 2. The first-order chi connectivity index (χ1) is 6.73. The lowest BCUT2D eigenvalue weighted by molar-refractivity contribution is 0.278. The second-order valence-electron chi connectivity index (χ2n) is 1.88. The molecule has 14 heavy (non-hydrogen) atoms. The molecule has 2 heterocycles. The first kappa shape index (κ1) is 12.4. The molecule has 0 saturated carbocycles. The van der Waals surface area contributed by atoms with Crippen molar-refractivity contribution in [2.75, 3.05) is 0 Å². The van der Waals surface area contributed by atoms with Crippen molar-refractivity contribution in [1.29, 1.82) is 0 Å². The van der Waals surface area contributed by atoms with Gasteiger partial charge < -0.3 is 15.1 Å². The van der Waals surface area contributed by atoms with Gasteiger partial charge in [0, 0.05) is 24.8 Å². The molecular formula is C6H11BN4O3. The molecule has 0 aliphatic carbocycles. The molecule has 0 aliphatic rings. The maximum absolute atomic E-state index is 7.17. The Bertz CT molecular complexity index is 197. The minimum atomic E-state index is -2.17. The molecule has 0 fully saturated rings. The smallest absolute Gasteiger partial charge is 0.402 e. The van der Waals surface area contributed by atoms with E-state index in [1.807, 2.05) is 12.1 Å². The van der Waals surface area contributed by atoms with Gasteiger partial charge in [-0.2, -0.15) is 10.2 Å². The van der Waals surface area contributed by atoms with Crippen molar-refractivity contribution in [1.82, 2.24) is 20.4 Å². The number of nitrogens with one attached hydrogen (secondary N) is 2. The van der Waals surface area contributed by atoms with Gasteiger partial charge in [-0.15, -0.1) is 0 Å². The van der Waals surface area contributed by atoms with Gasteiger partial charge in [0.15, 0.2) is 0 Å². The van der Waals surface area contributed by atoms with Crippen molar-refractivity contribution in [2.24, 2.45) is 0 Å². The van der Waals surface area contributed by atoms with Crippen molar-refractivity contribution >= 4 is 7.32 Å². The maximum Gasteiger partial charge on any atom is 0.631 e. The van der Waals surface area contributed by atoms with Crippen molar-refractivity contribution in [3.8, 4) is 0 Å². The summed E-state index contributed by atoms with van der Waals surface area (Å²) in [5.74, 6) is 0. The highest BCUT2D eigenvalue weighted by atomic mass is 16.5. The molecule has 0 atom stereocenters. The molecular weight excluding hydrogens is 187 g/mol. The summed E-state index contributed by atoms with van der Waals surface area (Å²) in [5.41, 5.74) is 0. The van der Waals surface area contributed by atoms with Crippen molar-refractivity contribution in [3.63, 3.8) is 0 Å². The Kier molecular flexibility index (Phi) is 8.35.